The van der Waals surface area contributed by atoms with Crippen molar-refractivity contribution in [2.75, 3.05) is 45.8 Å². The topological polar surface area (TPSA) is 55.9 Å². The van der Waals surface area contributed by atoms with Crippen molar-refractivity contribution in [2.24, 2.45) is 0 Å². The standard InChI is InChI=1S/C24H33N3O3/c1-28-22-14-19-21(15-23(22)29-2)26-20-5-3-4-18(20)24(19)25-16-6-10-27(11-7-16)17-8-12-30-13-9-17/h14-17H,3-13H2,1-2H3,(H,25,26). The van der Waals surface area contributed by atoms with Gasteiger partial charge in [0, 0.05) is 61.2 Å². The van der Waals surface area contributed by atoms with Gasteiger partial charge in [-0.15, -0.1) is 0 Å². The van der Waals surface area contributed by atoms with Crippen molar-refractivity contribution in [3.8, 4) is 11.5 Å². The molecule has 2 aromatic rings. The van der Waals surface area contributed by atoms with Gasteiger partial charge in [0.2, 0.25) is 0 Å². The van der Waals surface area contributed by atoms with E-state index in [1.807, 2.05) is 6.07 Å². The minimum absolute atomic E-state index is 0.504. The smallest absolute Gasteiger partial charge is 0.162 e. The van der Waals surface area contributed by atoms with E-state index >= 15 is 0 Å². The average Bonchev–Trinajstić information content (AvgIpc) is 3.27. The van der Waals surface area contributed by atoms with Gasteiger partial charge in [0.25, 0.3) is 0 Å². The van der Waals surface area contributed by atoms with E-state index in [4.69, 9.17) is 19.2 Å². The van der Waals surface area contributed by atoms with Crippen LogP contribution >= 0.6 is 0 Å². The summed E-state index contributed by atoms with van der Waals surface area (Å²) < 4.78 is 16.7. The Kier molecular flexibility index (Phi) is 5.70. The fourth-order valence-electron chi connectivity index (χ4n) is 5.42. The van der Waals surface area contributed by atoms with E-state index < -0.39 is 0 Å². The molecule has 0 unspecified atom stereocenters. The number of aromatic nitrogens is 1. The fraction of sp³-hybridized carbons (Fsp3) is 0.625. The number of rotatable bonds is 5. The minimum atomic E-state index is 0.504. The molecule has 0 bridgehead atoms. The molecule has 2 aliphatic heterocycles. The third-order valence-electron chi connectivity index (χ3n) is 7.10. The second kappa shape index (κ2) is 8.60. The zero-order valence-corrected chi connectivity index (χ0v) is 18.2. The Bertz CT molecular complexity index is 902. The molecular formula is C24H33N3O3. The van der Waals surface area contributed by atoms with E-state index in [2.05, 4.69) is 16.3 Å². The Morgan fingerprint density at radius 3 is 2.47 bits per heavy atom. The number of pyridine rings is 1. The lowest BCUT2D eigenvalue weighted by Gasteiger charge is -2.39. The van der Waals surface area contributed by atoms with Crippen LogP contribution < -0.4 is 14.8 Å². The van der Waals surface area contributed by atoms with Crippen LogP contribution in [0.1, 0.15) is 43.4 Å². The Morgan fingerprint density at radius 2 is 1.73 bits per heavy atom. The van der Waals surface area contributed by atoms with Crippen LogP contribution in [-0.2, 0) is 17.6 Å². The number of ether oxygens (including phenoxy) is 3. The van der Waals surface area contributed by atoms with E-state index in [1.54, 1.807) is 14.2 Å². The van der Waals surface area contributed by atoms with E-state index in [1.165, 1.54) is 62.1 Å². The number of nitrogens with zero attached hydrogens (tertiary/aromatic N) is 2. The normalized spacial score (nSPS) is 21.0. The molecule has 0 radical (unpaired) electrons. The molecule has 6 heteroatoms. The molecule has 1 aliphatic carbocycles. The molecule has 0 spiro atoms. The summed E-state index contributed by atoms with van der Waals surface area (Å²) in [6.07, 6.45) is 8.09. The van der Waals surface area contributed by atoms with Crippen LogP contribution in [0.15, 0.2) is 12.1 Å². The van der Waals surface area contributed by atoms with Gasteiger partial charge in [-0.3, -0.25) is 4.98 Å². The van der Waals surface area contributed by atoms with Gasteiger partial charge in [0.05, 0.1) is 19.7 Å². The molecule has 0 saturated carbocycles. The highest BCUT2D eigenvalue weighted by atomic mass is 16.5. The number of aryl methyl sites for hydroxylation is 1. The predicted octanol–water partition coefficient (Wildman–Crippen LogP) is 3.80. The first-order valence-electron chi connectivity index (χ1n) is 11.4. The highest BCUT2D eigenvalue weighted by Gasteiger charge is 2.28. The number of anilines is 1. The van der Waals surface area contributed by atoms with Crippen LogP contribution in [0.2, 0.25) is 0 Å². The first kappa shape index (κ1) is 19.9. The van der Waals surface area contributed by atoms with Crippen LogP contribution in [0.4, 0.5) is 5.69 Å². The van der Waals surface area contributed by atoms with Gasteiger partial charge in [-0.05, 0) is 56.6 Å². The summed E-state index contributed by atoms with van der Waals surface area (Å²) in [7, 11) is 3.38. The van der Waals surface area contributed by atoms with Crippen LogP contribution in [0.5, 0.6) is 11.5 Å². The van der Waals surface area contributed by atoms with Crippen molar-refractivity contribution in [3.63, 3.8) is 0 Å². The average molecular weight is 412 g/mol. The lowest BCUT2D eigenvalue weighted by molar-refractivity contribution is 0.0262. The van der Waals surface area contributed by atoms with Crippen molar-refractivity contribution in [1.29, 1.82) is 0 Å². The summed E-state index contributed by atoms with van der Waals surface area (Å²) in [5.41, 5.74) is 4.92. The summed E-state index contributed by atoms with van der Waals surface area (Å²) in [5, 5.41) is 5.10. The molecule has 3 heterocycles. The zero-order chi connectivity index (χ0) is 20.5. The maximum absolute atomic E-state index is 5.59. The fourth-order valence-corrected chi connectivity index (χ4v) is 5.42. The first-order valence-corrected chi connectivity index (χ1v) is 11.4. The Balaban J connectivity index is 1.40. The van der Waals surface area contributed by atoms with Crippen molar-refractivity contribution < 1.29 is 14.2 Å². The van der Waals surface area contributed by atoms with Crippen LogP contribution in [0.3, 0.4) is 0 Å². The van der Waals surface area contributed by atoms with Gasteiger partial charge < -0.3 is 24.4 Å². The molecule has 2 saturated heterocycles. The van der Waals surface area contributed by atoms with Crippen LogP contribution in [0.25, 0.3) is 10.9 Å². The molecule has 2 fully saturated rings. The molecule has 0 amide bonds. The third kappa shape index (κ3) is 3.71. The zero-order valence-electron chi connectivity index (χ0n) is 18.2. The highest BCUT2D eigenvalue weighted by molar-refractivity contribution is 5.96. The second-order valence-electron chi connectivity index (χ2n) is 8.79. The van der Waals surface area contributed by atoms with Crippen LogP contribution in [0, 0.1) is 0 Å². The van der Waals surface area contributed by atoms with Crippen molar-refractivity contribution in [2.45, 2.75) is 57.0 Å². The maximum atomic E-state index is 5.59. The summed E-state index contributed by atoms with van der Waals surface area (Å²) in [4.78, 5) is 7.66. The summed E-state index contributed by atoms with van der Waals surface area (Å²) in [6.45, 7) is 4.18. The number of methoxy groups -OCH3 is 2. The third-order valence-corrected chi connectivity index (χ3v) is 7.10. The Labute approximate surface area is 178 Å². The van der Waals surface area contributed by atoms with Gasteiger partial charge in [0.15, 0.2) is 11.5 Å². The Morgan fingerprint density at radius 1 is 1.00 bits per heavy atom. The quantitative estimate of drug-likeness (QED) is 0.808. The largest absolute Gasteiger partial charge is 0.493 e. The number of benzene rings is 1. The van der Waals surface area contributed by atoms with Crippen molar-refractivity contribution in [3.05, 3.63) is 23.4 Å². The summed E-state index contributed by atoms with van der Waals surface area (Å²) in [6, 6.07) is 5.33. The molecule has 1 aromatic carbocycles. The van der Waals surface area contributed by atoms with Gasteiger partial charge >= 0.3 is 0 Å². The molecule has 3 aliphatic rings. The number of nitrogens with one attached hydrogen (secondary N) is 1. The molecule has 162 valence electrons. The minimum Gasteiger partial charge on any atom is -0.493 e. The highest BCUT2D eigenvalue weighted by Crippen LogP contribution is 2.40. The maximum Gasteiger partial charge on any atom is 0.162 e. The van der Waals surface area contributed by atoms with E-state index in [9.17, 15) is 0 Å². The van der Waals surface area contributed by atoms with Gasteiger partial charge in [-0.1, -0.05) is 0 Å². The van der Waals surface area contributed by atoms with E-state index in [0.717, 1.165) is 48.5 Å². The van der Waals surface area contributed by atoms with Gasteiger partial charge in [-0.2, -0.15) is 0 Å². The lowest BCUT2D eigenvalue weighted by Crippen LogP contribution is -2.46. The predicted molar refractivity (Wildman–Crippen MR) is 119 cm³/mol. The molecule has 1 aromatic heterocycles. The number of fused-ring (bicyclic) bond motifs is 2. The molecule has 5 rings (SSSR count). The van der Waals surface area contributed by atoms with Gasteiger partial charge in [-0.25, -0.2) is 0 Å². The number of piperidine rings is 1. The number of hydrogen-bond acceptors (Lipinski definition) is 6. The van der Waals surface area contributed by atoms with E-state index in [-0.39, 0.29) is 0 Å². The second-order valence-corrected chi connectivity index (χ2v) is 8.79. The molecule has 6 nitrogen and oxygen atoms in total. The first-order chi connectivity index (χ1) is 14.8. The summed E-state index contributed by atoms with van der Waals surface area (Å²) in [5.74, 6) is 1.51. The SMILES string of the molecule is COc1cc2nc3c(c(NC4CCN(C5CCOCC5)CC4)c2cc1OC)CCC3. The number of hydrogen-bond donors (Lipinski definition) is 1. The molecule has 0 atom stereocenters. The molecular weight excluding hydrogens is 378 g/mol. The summed E-state index contributed by atoms with van der Waals surface area (Å²) >= 11 is 0. The lowest BCUT2D eigenvalue weighted by atomic mass is 9.98. The Hall–Kier alpha value is -2.05. The van der Waals surface area contributed by atoms with E-state index in [0.29, 0.717) is 12.1 Å². The molecule has 1 N–H and O–H groups in total. The monoisotopic (exact) mass is 411 g/mol. The van der Waals surface area contributed by atoms with Crippen molar-refractivity contribution >= 4 is 16.6 Å². The van der Waals surface area contributed by atoms with Crippen molar-refractivity contribution in [1.82, 2.24) is 9.88 Å². The van der Waals surface area contributed by atoms with Gasteiger partial charge in [0.1, 0.15) is 0 Å². The van der Waals surface area contributed by atoms with Crippen LogP contribution in [-0.4, -0.2) is 62.5 Å². The number of likely N-dealkylation sites (tertiary alicyclic amines) is 1. The molecule has 30 heavy (non-hydrogen) atoms.